The van der Waals surface area contributed by atoms with Gasteiger partial charge in [0.15, 0.2) is 0 Å². The molecule has 0 spiro atoms. The maximum absolute atomic E-state index is 12.7. The molecule has 0 aliphatic carbocycles. The van der Waals surface area contributed by atoms with Crippen LogP contribution in [0.3, 0.4) is 0 Å². The summed E-state index contributed by atoms with van der Waals surface area (Å²) >= 11 is 0. The molecule has 0 atom stereocenters. The molecule has 5 nitrogen and oxygen atoms in total. The van der Waals surface area contributed by atoms with E-state index in [1.54, 1.807) is 0 Å². The largest absolute Gasteiger partial charge is 0.416 e. The van der Waals surface area contributed by atoms with Gasteiger partial charge in [0.1, 0.15) is 11.5 Å². The van der Waals surface area contributed by atoms with Gasteiger partial charge >= 0.3 is 6.18 Å². The van der Waals surface area contributed by atoms with E-state index in [1.165, 1.54) is 12.1 Å². The zero-order valence-electron chi connectivity index (χ0n) is 15.3. The zero-order chi connectivity index (χ0) is 19.6. The van der Waals surface area contributed by atoms with E-state index in [0.717, 1.165) is 30.0 Å². The van der Waals surface area contributed by atoms with Gasteiger partial charge < -0.3 is 9.84 Å². The number of alkyl halides is 3. The molecule has 2 aromatic rings. The SMILES string of the molecule is CC(C)NC(=O)CCN1CCc2onc(-c3ccc(C(F)(F)F)cc3)c2C1. The molecule has 1 aromatic heterocycles. The van der Waals surface area contributed by atoms with Gasteiger partial charge in [0, 0.05) is 49.6 Å². The standard InChI is InChI=1S/C19H22F3N3O2/c1-12(2)23-17(26)8-10-25-9-7-16-15(11-25)18(24-27-16)13-3-5-14(6-4-13)19(20,21)22/h3-6,12H,7-11H2,1-2H3,(H,23,26). The number of rotatable bonds is 5. The number of fused-ring (bicyclic) bond motifs is 1. The van der Waals surface area contributed by atoms with Crippen LogP contribution in [-0.4, -0.2) is 35.1 Å². The van der Waals surface area contributed by atoms with E-state index in [1.807, 2.05) is 13.8 Å². The first-order valence-corrected chi connectivity index (χ1v) is 8.91. The van der Waals surface area contributed by atoms with Crippen LogP contribution in [-0.2, 0) is 23.9 Å². The third-order valence-corrected chi connectivity index (χ3v) is 4.50. The maximum Gasteiger partial charge on any atom is 0.416 e. The van der Waals surface area contributed by atoms with Crippen LogP contribution in [0, 0.1) is 0 Å². The molecule has 1 aliphatic rings. The fraction of sp³-hybridized carbons (Fsp3) is 0.474. The number of nitrogens with one attached hydrogen (secondary N) is 1. The van der Waals surface area contributed by atoms with E-state index in [0.29, 0.717) is 37.2 Å². The van der Waals surface area contributed by atoms with Gasteiger partial charge in [0.05, 0.1) is 5.56 Å². The number of carbonyl (C=O) groups excluding carboxylic acids is 1. The molecule has 1 amide bonds. The lowest BCUT2D eigenvalue weighted by Gasteiger charge is -2.26. The average molecular weight is 381 g/mol. The van der Waals surface area contributed by atoms with E-state index < -0.39 is 11.7 Å². The van der Waals surface area contributed by atoms with Crippen molar-refractivity contribution in [3.8, 4) is 11.3 Å². The van der Waals surface area contributed by atoms with Gasteiger partial charge in [0.2, 0.25) is 5.91 Å². The predicted molar refractivity (Wildman–Crippen MR) is 93.8 cm³/mol. The maximum atomic E-state index is 12.7. The lowest BCUT2D eigenvalue weighted by Crippen LogP contribution is -2.36. The Bertz CT molecular complexity index is 798. The fourth-order valence-corrected chi connectivity index (χ4v) is 3.15. The number of amides is 1. The van der Waals surface area contributed by atoms with Gasteiger partial charge in [-0.05, 0) is 26.0 Å². The highest BCUT2D eigenvalue weighted by molar-refractivity contribution is 5.76. The summed E-state index contributed by atoms with van der Waals surface area (Å²) in [6.07, 6.45) is -3.31. The van der Waals surface area contributed by atoms with Crippen molar-refractivity contribution in [2.45, 2.75) is 45.5 Å². The summed E-state index contributed by atoms with van der Waals surface area (Å²) in [5.74, 6) is 0.761. The van der Waals surface area contributed by atoms with Crippen molar-refractivity contribution in [3.63, 3.8) is 0 Å². The van der Waals surface area contributed by atoms with Crippen LogP contribution in [0.4, 0.5) is 13.2 Å². The van der Waals surface area contributed by atoms with E-state index in [4.69, 9.17) is 4.52 Å². The Balaban J connectivity index is 1.70. The Kier molecular flexibility index (Phi) is 5.55. The van der Waals surface area contributed by atoms with E-state index in [2.05, 4.69) is 15.4 Å². The molecule has 1 N–H and O–H groups in total. The number of hydrogen-bond acceptors (Lipinski definition) is 4. The molecule has 27 heavy (non-hydrogen) atoms. The number of nitrogens with zero attached hydrogens (tertiary/aromatic N) is 2. The Morgan fingerprint density at radius 3 is 2.63 bits per heavy atom. The Morgan fingerprint density at radius 2 is 2.00 bits per heavy atom. The summed E-state index contributed by atoms with van der Waals surface area (Å²) in [4.78, 5) is 14.0. The van der Waals surface area contributed by atoms with Crippen LogP contribution >= 0.6 is 0 Å². The topological polar surface area (TPSA) is 58.4 Å². The Labute approximate surface area is 155 Å². The van der Waals surface area contributed by atoms with Crippen LogP contribution in [0.1, 0.15) is 37.2 Å². The minimum Gasteiger partial charge on any atom is -0.360 e. The summed E-state index contributed by atoms with van der Waals surface area (Å²) in [5.41, 5.74) is 1.34. The first-order chi connectivity index (χ1) is 12.7. The molecule has 1 aromatic carbocycles. The quantitative estimate of drug-likeness (QED) is 0.859. The molecular formula is C19H22F3N3O2. The van der Waals surface area contributed by atoms with Crippen LogP contribution < -0.4 is 5.32 Å². The van der Waals surface area contributed by atoms with E-state index in [9.17, 15) is 18.0 Å². The summed E-state index contributed by atoms with van der Waals surface area (Å²) in [7, 11) is 0. The molecule has 0 saturated heterocycles. The molecule has 8 heteroatoms. The van der Waals surface area contributed by atoms with Gasteiger partial charge in [-0.1, -0.05) is 17.3 Å². The molecular weight excluding hydrogens is 359 g/mol. The van der Waals surface area contributed by atoms with Gasteiger partial charge in [-0.25, -0.2) is 0 Å². The summed E-state index contributed by atoms with van der Waals surface area (Å²) in [6.45, 7) is 5.75. The molecule has 2 heterocycles. The second-order valence-corrected chi connectivity index (χ2v) is 7.01. The van der Waals surface area contributed by atoms with Gasteiger partial charge in [0.25, 0.3) is 0 Å². The zero-order valence-corrected chi connectivity index (χ0v) is 15.3. The number of aromatic nitrogens is 1. The average Bonchev–Trinajstić information content (AvgIpc) is 3.02. The van der Waals surface area contributed by atoms with Crippen molar-refractivity contribution in [1.82, 2.24) is 15.4 Å². The third kappa shape index (κ3) is 4.68. The van der Waals surface area contributed by atoms with Crippen molar-refractivity contribution >= 4 is 5.91 Å². The lowest BCUT2D eigenvalue weighted by atomic mass is 10.0. The first-order valence-electron chi connectivity index (χ1n) is 8.91. The van der Waals surface area contributed by atoms with Crippen LogP contribution in [0.2, 0.25) is 0 Å². The highest BCUT2D eigenvalue weighted by atomic mass is 19.4. The Hall–Kier alpha value is -2.35. The fourth-order valence-electron chi connectivity index (χ4n) is 3.15. The Morgan fingerprint density at radius 1 is 1.30 bits per heavy atom. The first kappa shape index (κ1) is 19.4. The molecule has 0 saturated carbocycles. The minimum absolute atomic E-state index is 0.00378. The van der Waals surface area contributed by atoms with E-state index in [-0.39, 0.29) is 11.9 Å². The summed E-state index contributed by atoms with van der Waals surface area (Å²) < 4.78 is 43.6. The molecule has 1 aliphatic heterocycles. The molecule has 0 bridgehead atoms. The van der Waals surface area contributed by atoms with Gasteiger partial charge in [-0.2, -0.15) is 13.2 Å². The number of benzene rings is 1. The number of carbonyl (C=O) groups is 1. The van der Waals surface area contributed by atoms with Gasteiger partial charge in [-0.15, -0.1) is 0 Å². The van der Waals surface area contributed by atoms with E-state index >= 15 is 0 Å². The molecule has 0 unspecified atom stereocenters. The lowest BCUT2D eigenvalue weighted by molar-refractivity contribution is -0.137. The second-order valence-electron chi connectivity index (χ2n) is 7.01. The normalized spacial score (nSPS) is 15.0. The molecule has 3 rings (SSSR count). The molecule has 0 fully saturated rings. The summed E-state index contributed by atoms with van der Waals surface area (Å²) in [6, 6.07) is 5.03. The smallest absolute Gasteiger partial charge is 0.360 e. The predicted octanol–water partition coefficient (Wildman–Crippen LogP) is 3.63. The summed E-state index contributed by atoms with van der Waals surface area (Å²) in [5, 5.41) is 6.93. The van der Waals surface area contributed by atoms with Gasteiger partial charge in [-0.3, -0.25) is 9.69 Å². The third-order valence-electron chi connectivity index (χ3n) is 4.50. The molecule has 0 radical (unpaired) electrons. The monoisotopic (exact) mass is 381 g/mol. The molecule has 146 valence electrons. The highest BCUT2D eigenvalue weighted by Gasteiger charge is 2.31. The van der Waals surface area contributed by atoms with Crippen LogP contribution in [0.5, 0.6) is 0 Å². The number of hydrogen-bond donors (Lipinski definition) is 1. The van der Waals surface area contributed by atoms with Crippen molar-refractivity contribution in [2.24, 2.45) is 0 Å². The van der Waals surface area contributed by atoms with Crippen molar-refractivity contribution < 1.29 is 22.5 Å². The van der Waals surface area contributed by atoms with Crippen LogP contribution in [0.15, 0.2) is 28.8 Å². The second kappa shape index (κ2) is 7.72. The highest BCUT2D eigenvalue weighted by Crippen LogP contribution is 2.33. The van der Waals surface area contributed by atoms with Crippen molar-refractivity contribution in [3.05, 3.63) is 41.2 Å². The van der Waals surface area contributed by atoms with Crippen molar-refractivity contribution in [2.75, 3.05) is 13.1 Å². The van der Waals surface area contributed by atoms with Crippen molar-refractivity contribution in [1.29, 1.82) is 0 Å². The van der Waals surface area contributed by atoms with Crippen LogP contribution in [0.25, 0.3) is 11.3 Å². The minimum atomic E-state index is -4.37. The number of halogens is 3.